The van der Waals surface area contributed by atoms with E-state index in [4.69, 9.17) is 9.47 Å². The van der Waals surface area contributed by atoms with Gasteiger partial charge in [0, 0.05) is 25.5 Å². The minimum atomic E-state index is -0.781. The fraction of sp³-hybridized carbons (Fsp3) is 0.348. The summed E-state index contributed by atoms with van der Waals surface area (Å²) in [5, 5.41) is 2.83. The first-order chi connectivity index (χ1) is 14.9. The third-order valence-electron chi connectivity index (χ3n) is 5.99. The van der Waals surface area contributed by atoms with E-state index < -0.39 is 5.66 Å². The van der Waals surface area contributed by atoms with E-state index in [9.17, 15) is 14.4 Å². The quantitative estimate of drug-likeness (QED) is 0.772. The second-order valence-electron chi connectivity index (χ2n) is 7.78. The van der Waals surface area contributed by atoms with Gasteiger partial charge < -0.3 is 19.7 Å². The average Bonchev–Trinajstić information content (AvgIpc) is 3.08. The van der Waals surface area contributed by atoms with Crippen LogP contribution in [0.4, 0.5) is 11.4 Å². The molecule has 0 saturated carbocycles. The van der Waals surface area contributed by atoms with Crippen molar-refractivity contribution in [2.45, 2.75) is 31.8 Å². The fourth-order valence-electron chi connectivity index (χ4n) is 4.38. The minimum Gasteiger partial charge on any atom is -0.497 e. The Labute approximate surface area is 180 Å². The van der Waals surface area contributed by atoms with Crippen LogP contribution in [-0.2, 0) is 9.59 Å². The lowest BCUT2D eigenvalue weighted by Crippen LogP contribution is -2.62. The number of carbonyl (C=O) groups is 3. The van der Waals surface area contributed by atoms with Gasteiger partial charge in [-0.2, -0.15) is 0 Å². The van der Waals surface area contributed by atoms with E-state index in [-0.39, 0.29) is 30.7 Å². The predicted octanol–water partition coefficient (Wildman–Crippen LogP) is 3.03. The molecule has 4 rings (SSSR count). The molecule has 1 atom stereocenters. The lowest BCUT2D eigenvalue weighted by molar-refractivity contribution is -0.117. The van der Waals surface area contributed by atoms with Crippen molar-refractivity contribution >= 4 is 29.1 Å². The molecular weight excluding hydrogens is 398 g/mol. The summed E-state index contributed by atoms with van der Waals surface area (Å²) in [5.74, 6) is 0.648. The summed E-state index contributed by atoms with van der Waals surface area (Å²) in [4.78, 5) is 41.9. The van der Waals surface area contributed by atoms with Crippen molar-refractivity contribution in [2.75, 3.05) is 31.0 Å². The Kier molecular flexibility index (Phi) is 5.31. The number of hydrogen-bond acceptors (Lipinski definition) is 5. The Morgan fingerprint density at radius 1 is 1.13 bits per heavy atom. The highest BCUT2D eigenvalue weighted by Crippen LogP contribution is 2.44. The van der Waals surface area contributed by atoms with Gasteiger partial charge in [-0.25, -0.2) is 0 Å². The van der Waals surface area contributed by atoms with E-state index in [0.29, 0.717) is 41.3 Å². The Balaban J connectivity index is 1.54. The Morgan fingerprint density at radius 3 is 2.65 bits per heavy atom. The molecule has 0 radical (unpaired) electrons. The summed E-state index contributed by atoms with van der Waals surface area (Å²) >= 11 is 0. The van der Waals surface area contributed by atoms with Crippen LogP contribution in [0.1, 0.15) is 36.5 Å². The molecule has 2 aliphatic heterocycles. The number of carbonyl (C=O) groups excluding carboxylic acids is 3. The van der Waals surface area contributed by atoms with Crippen LogP contribution in [0, 0.1) is 0 Å². The van der Waals surface area contributed by atoms with Crippen molar-refractivity contribution in [3.63, 3.8) is 0 Å². The summed E-state index contributed by atoms with van der Waals surface area (Å²) in [6, 6.07) is 12.2. The smallest absolute Gasteiger partial charge is 0.257 e. The second kappa shape index (κ2) is 7.94. The largest absolute Gasteiger partial charge is 0.497 e. The van der Waals surface area contributed by atoms with Crippen LogP contribution in [0.2, 0.25) is 0 Å². The fourth-order valence-corrected chi connectivity index (χ4v) is 4.38. The maximum Gasteiger partial charge on any atom is 0.257 e. The summed E-state index contributed by atoms with van der Waals surface area (Å²) in [6.45, 7) is 2.07. The van der Waals surface area contributed by atoms with E-state index in [1.54, 1.807) is 53.3 Å². The summed E-state index contributed by atoms with van der Waals surface area (Å²) in [7, 11) is 3.07. The number of nitrogens with zero attached hydrogens (tertiary/aromatic N) is 2. The van der Waals surface area contributed by atoms with E-state index in [1.165, 1.54) is 7.11 Å². The molecule has 0 bridgehead atoms. The number of ether oxygens (including phenoxy) is 2. The predicted molar refractivity (Wildman–Crippen MR) is 115 cm³/mol. The molecule has 1 saturated heterocycles. The maximum atomic E-state index is 13.2. The van der Waals surface area contributed by atoms with Gasteiger partial charge in [0.05, 0.1) is 31.2 Å². The minimum absolute atomic E-state index is 0.0157. The highest BCUT2D eigenvalue weighted by atomic mass is 16.5. The zero-order valence-corrected chi connectivity index (χ0v) is 17.8. The Bertz CT molecular complexity index is 1050. The standard InChI is InChI=1S/C23H25N3O5/c1-23-12-10-21(28)26(23)18-7-5-4-6-16(18)22(29)25(23)13-11-20(27)24-17-14-15(30-2)8-9-19(17)31-3/h4-9,14H,10-13H2,1-3H3,(H,24,27). The molecule has 0 aliphatic carbocycles. The van der Waals surface area contributed by atoms with Crippen LogP contribution in [0.3, 0.4) is 0 Å². The second-order valence-corrected chi connectivity index (χ2v) is 7.78. The lowest BCUT2D eigenvalue weighted by atomic mass is 9.98. The van der Waals surface area contributed by atoms with E-state index in [2.05, 4.69) is 5.32 Å². The zero-order valence-electron chi connectivity index (χ0n) is 17.8. The van der Waals surface area contributed by atoms with Crippen LogP contribution >= 0.6 is 0 Å². The topological polar surface area (TPSA) is 88.2 Å². The number of benzene rings is 2. The van der Waals surface area contributed by atoms with Gasteiger partial charge in [-0.05, 0) is 37.6 Å². The maximum absolute atomic E-state index is 13.2. The molecule has 8 nitrogen and oxygen atoms in total. The highest BCUT2D eigenvalue weighted by Gasteiger charge is 2.52. The number of amides is 3. The third-order valence-corrected chi connectivity index (χ3v) is 5.99. The van der Waals surface area contributed by atoms with Crippen molar-refractivity contribution in [1.29, 1.82) is 0 Å². The molecule has 0 spiro atoms. The van der Waals surface area contributed by atoms with Crippen molar-refractivity contribution in [1.82, 2.24) is 4.90 Å². The molecule has 1 N–H and O–H groups in total. The summed E-state index contributed by atoms with van der Waals surface area (Å²) < 4.78 is 10.5. The molecule has 162 valence electrons. The molecule has 2 heterocycles. The molecule has 2 aromatic rings. The number of anilines is 2. The molecule has 1 unspecified atom stereocenters. The van der Waals surface area contributed by atoms with Gasteiger partial charge in [0.15, 0.2) is 0 Å². The molecular formula is C23H25N3O5. The van der Waals surface area contributed by atoms with E-state index >= 15 is 0 Å². The lowest BCUT2D eigenvalue weighted by Gasteiger charge is -2.48. The van der Waals surface area contributed by atoms with Crippen LogP contribution in [0.5, 0.6) is 11.5 Å². The van der Waals surface area contributed by atoms with Gasteiger partial charge in [0.1, 0.15) is 17.2 Å². The molecule has 3 amide bonds. The summed E-state index contributed by atoms with van der Waals surface area (Å²) in [5.41, 5.74) is 0.826. The van der Waals surface area contributed by atoms with Gasteiger partial charge >= 0.3 is 0 Å². The van der Waals surface area contributed by atoms with E-state index in [0.717, 1.165) is 0 Å². The van der Waals surface area contributed by atoms with Crippen molar-refractivity contribution in [2.24, 2.45) is 0 Å². The molecule has 1 fully saturated rings. The normalized spacial score (nSPS) is 19.7. The molecule has 2 aromatic carbocycles. The Hall–Kier alpha value is -3.55. The first kappa shape index (κ1) is 20.7. The zero-order chi connectivity index (χ0) is 22.2. The van der Waals surface area contributed by atoms with Crippen LogP contribution in [-0.4, -0.2) is 49.0 Å². The summed E-state index contributed by atoms with van der Waals surface area (Å²) in [6.07, 6.45) is 0.963. The van der Waals surface area contributed by atoms with Gasteiger partial charge in [-0.15, -0.1) is 0 Å². The van der Waals surface area contributed by atoms with E-state index in [1.807, 2.05) is 13.0 Å². The SMILES string of the molecule is COc1ccc(OC)c(NC(=O)CCN2C(=O)c3ccccc3N3C(=O)CCC23C)c1. The van der Waals surface area contributed by atoms with Crippen molar-refractivity contribution < 1.29 is 23.9 Å². The van der Waals surface area contributed by atoms with Gasteiger partial charge in [0.2, 0.25) is 11.8 Å². The van der Waals surface area contributed by atoms with Crippen molar-refractivity contribution in [3.8, 4) is 11.5 Å². The first-order valence-electron chi connectivity index (χ1n) is 10.1. The monoisotopic (exact) mass is 423 g/mol. The number of methoxy groups -OCH3 is 2. The number of hydrogen-bond donors (Lipinski definition) is 1. The van der Waals surface area contributed by atoms with Crippen LogP contribution in [0.25, 0.3) is 0 Å². The van der Waals surface area contributed by atoms with Gasteiger partial charge in [-0.3, -0.25) is 19.3 Å². The molecule has 31 heavy (non-hydrogen) atoms. The van der Waals surface area contributed by atoms with Gasteiger partial charge in [0.25, 0.3) is 5.91 Å². The number of para-hydroxylation sites is 1. The van der Waals surface area contributed by atoms with Crippen molar-refractivity contribution in [3.05, 3.63) is 48.0 Å². The van der Waals surface area contributed by atoms with Crippen LogP contribution in [0.15, 0.2) is 42.5 Å². The highest BCUT2D eigenvalue weighted by molar-refractivity contribution is 6.10. The molecule has 0 aromatic heterocycles. The number of fused-ring (bicyclic) bond motifs is 3. The molecule has 8 heteroatoms. The third kappa shape index (κ3) is 3.48. The average molecular weight is 423 g/mol. The number of nitrogens with one attached hydrogen (secondary N) is 1. The first-order valence-corrected chi connectivity index (χ1v) is 10.1. The van der Waals surface area contributed by atoms with Gasteiger partial charge in [-0.1, -0.05) is 12.1 Å². The molecule has 2 aliphatic rings. The Morgan fingerprint density at radius 2 is 1.90 bits per heavy atom. The number of rotatable bonds is 6. The van der Waals surface area contributed by atoms with Crippen LogP contribution < -0.4 is 19.7 Å².